The van der Waals surface area contributed by atoms with Gasteiger partial charge in [-0.05, 0) is 22.4 Å². The summed E-state index contributed by atoms with van der Waals surface area (Å²) in [5, 5.41) is 11.1. The number of aromatic nitrogens is 4. The van der Waals surface area contributed by atoms with Crippen molar-refractivity contribution in [2.24, 2.45) is 0 Å². The first-order chi connectivity index (χ1) is 13.4. The number of nitrogens with zero attached hydrogens (tertiary/aromatic N) is 4. The van der Waals surface area contributed by atoms with Gasteiger partial charge in [-0.3, -0.25) is 0 Å². The highest BCUT2D eigenvalue weighted by Crippen LogP contribution is 2.29. The third-order valence-electron chi connectivity index (χ3n) is 4.31. The first kappa shape index (κ1) is 18.8. The largest absolute Gasteiger partial charge is 0.444 e. The van der Waals surface area contributed by atoms with E-state index in [1.54, 1.807) is 17.6 Å². The van der Waals surface area contributed by atoms with Crippen LogP contribution in [0.4, 0.5) is 0 Å². The number of nitrogens with two attached hydrogens (primary N) is 1. The highest BCUT2D eigenvalue weighted by atomic mass is 32.2. The maximum atomic E-state index is 6.23. The molecule has 2 N–H and O–H groups in total. The first-order valence-electron chi connectivity index (χ1n) is 8.84. The van der Waals surface area contributed by atoms with Gasteiger partial charge < -0.3 is 10.3 Å². The highest BCUT2D eigenvalue weighted by Gasteiger charge is 2.16. The smallest absolute Gasteiger partial charge is 0.236 e. The molecular formula is C20H21N5OS2. The zero-order valence-corrected chi connectivity index (χ0v) is 17.5. The lowest BCUT2D eigenvalue weighted by Gasteiger charge is -2.19. The lowest BCUT2D eigenvalue weighted by atomic mass is 9.87. The van der Waals surface area contributed by atoms with E-state index in [1.165, 1.54) is 22.0 Å². The molecule has 28 heavy (non-hydrogen) atoms. The predicted octanol–water partition coefficient (Wildman–Crippen LogP) is 4.97. The number of oxazole rings is 1. The van der Waals surface area contributed by atoms with Crippen LogP contribution in [0.5, 0.6) is 0 Å². The van der Waals surface area contributed by atoms with E-state index in [2.05, 4.69) is 48.1 Å². The molecule has 8 heteroatoms. The maximum absolute atomic E-state index is 6.23. The Kier molecular flexibility index (Phi) is 4.99. The van der Waals surface area contributed by atoms with Gasteiger partial charge in [0.2, 0.25) is 11.0 Å². The Morgan fingerprint density at radius 3 is 2.61 bits per heavy atom. The quantitative estimate of drug-likeness (QED) is 0.369. The van der Waals surface area contributed by atoms with Crippen molar-refractivity contribution in [3.05, 3.63) is 59.3 Å². The molecule has 0 bridgehead atoms. The van der Waals surface area contributed by atoms with Crippen molar-refractivity contribution in [3.8, 4) is 22.2 Å². The number of hydrogen-bond donors (Lipinski definition) is 1. The van der Waals surface area contributed by atoms with Gasteiger partial charge in [0.15, 0.2) is 5.82 Å². The number of hydrogen-bond acceptors (Lipinski definition) is 7. The second-order valence-corrected chi connectivity index (χ2v) is 9.30. The van der Waals surface area contributed by atoms with E-state index in [4.69, 9.17) is 10.3 Å². The summed E-state index contributed by atoms with van der Waals surface area (Å²) in [6.45, 7) is 6.57. The van der Waals surface area contributed by atoms with Gasteiger partial charge in [0.25, 0.3) is 0 Å². The molecule has 0 aliphatic carbocycles. The minimum absolute atomic E-state index is 0.107. The number of thioether (sulfide) groups is 1. The molecule has 4 aromatic rings. The average Bonchev–Trinajstić information content (AvgIpc) is 3.40. The minimum Gasteiger partial charge on any atom is -0.444 e. The Morgan fingerprint density at radius 2 is 1.93 bits per heavy atom. The molecular weight excluding hydrogens is 390 g/mol. The van der Waals surface area contributed by atoms with Gasteiger partial charge in [0.05, 0.1) is 10.6 Å². The molecule has 0 saturated heterocycles. The van der Waals surface area contributed by atoms with Gasteiger partial charge in [0.1, 0.15) is 6.26 Å². The molecule has 0 amide bonds. The molecule has 0 radical (unpaired) electrons. The molecule has 144 valence electrons. The molecule has 0 saturated carbocycles. The van der Waals surface area contributed by atoms with Crippen molar-refractivity contribution < 1.29 is 4.42 Å². The second kappa shape index (κ2) is 7.44. The van der Waals surface area contributed by atoms with E-state index in [9.17, 15) is 0 Å². The summed E-state index contributed by atoms with van der Waals surface area (Å²) in [6.07, 6.45) is 1.67. The molecule has 4 rings (SSSR count). The van der Waals surface area contributed by atoms with Gasteiger partial charge in [0, 0.05) is 11.3 Å². The summed E-state index contributed by atoms with van der Waals surface area (Å²) in [7, 11) is 0. The van der Waals surface area contributed by atoms with E-state index in [0.29, 0.717) is 22.6 Å². The lowest BCUT2D eigenvalue weighted by molar-refractivity contribution is 0.575. The fraction of sp³-hybridized carbons (Fsp3) is 0.250. The van der Waals surface area contributed by atoms with E-state index < -0.39 is 0 Å². The predicted molar refractivity (Wildman–Crippen MR) is 114 cm³/mol. The number of thiophene rings is 1. The molecule has 6 nitrogen and oxygen atoms in total. The third kappa shape index (κ3) is 3.83. The Morgan fingerprint density at radius 1 is 1.14 bits per heavy atom. The van der Waals surface area contributed by atoms with Gasteiger partial charge in [-0.25, -0.2) is 9.66 Å². The standard InChI is InChI=1S/C20H21N5OS2/c1-20(2,3)14-8-6-13(7-9-14)17-23-24-19(25(17)21)28-12-15-11-26-18(22-15)16-5-4-10-27-16/h4-11H,12,21H2,1-3H3. The summed E-state index contributed by atoms with van der Waals surface area (Å²) in [4.78, 5) is 5.53. The molecule has 0 fully saturated rings. The first-order valence-corrected chi connectivity index (χ1v) is 10.7. The summed E-state index contributed by atoms with van der Waals surface area (Å²) in [5.41, 5.74) is 3.15. The van der Waals surface area contributed by atoms with Crippen LogP contribution in [0.2, 0.25) is 0 Å². The maximum Gasteiger partial charge on any atom is 0.236 e. The number of nitrogen functional groups attached to an aromatic ring is 1. The normalized spacial score (nSPS) is 11.8. The van der Waals surface area contributed by atoms with Crippen LogP contribution in [0.3, 0.4) is 0 Å². The zero-order chi connectivity index (χ0) is 19.7. The number of benzene rings is 1. The van der Waals surface area contributed by atoms with Crippen molar-refractivity contribution in [3.63, 3.8) is 0 Å². The van der Waals surface area contributed by atoms with Crippen molar-refractivity contribution >= 4 is 23.1 Å². The molecule has 3 aromatic heterocycles. The summed E-state index contributed by atoms with van der Waals surface area (Å²) in [5.74, 6) is 8.12. The van der Waals surface area contributed by atoms with Crippen molar-refractivity contribution in [2.45, 2.75) is 37.1 Å². The second-order valence-electron chi connectivity index (χ2n) is 7.41. The molecule has 0 aliphatic heterocycles. The monoisotopic (exact) mass is 411 g/mol. The molecule has 3 heterocycles. The molecule has 1 aromatic carbocycles. The van der Waals surface area contributed by atoms with Gasteiger partial charge >= 0.3 is 0 Å². The Hall–Kier alpha value is -2.58. The van der Waals surface area contributed by atoms with Gasteiger partial charge in [-0.1, -0.05) is 62.9 Å². The SMILES string of the molecule is CC(C)(C)c1ccc(-c2nnc(SCc3coc(-c4cccs4)n3)n2N)cc1. The lowest BCUT2D eigenvalue weighted by Crippen LogP contribution is -2.12. The summed E-state index contributed by atoms with van der Waals surface area (Å²) in [6, 6.07) is 12.3. The molecule has 0 aliphatic rings. The van der Waals surface area contributed by atoms with Crippen LogP contribution < -0.4 is 5.84 Å². The van der Waals surface area contributed by atoms with Crippen LogP contribution in [0.1, 0.15) is 32.0 Å². The Bertz CT molecular complexity index is 1060. The van der Waals surface area contributed by atoms with Crippen molar-refractivity contribution in [1.82, 2.24) is 19.9 Å². The highest BCUT2D eigenvalue weighted by molar-refractivity contribution is 7.98. The van der Waals surface area contributed by atoms with Crippen LogP contribution in [0.15, 0.2) is 57.6 Å². The summed E-state index contributed by atoms with van der Waals surface area (Å²) >= 11 is 3.08. The van der Waals surface area contributed by atoms with E-state index in [0.717, 1.165) is 16.1 Å². The molecule has 0 atom stereocenters. The van der Waals surface area contributed by atoms with Crippen LogP contribution in [-0.4, -0.2) is 19.9 Å². The third-order valence-corrected chi connectivity index (χ3v) is 6.14. The van der Waals surface area contributed by atoms with Gasteiger partial charge in [-0.2, -0.15) is 0 Å². The van der Waals surface area contributed by atoms with E-state index in [-0.39, 0.29) is 5.41 Å². The Balaban J connectivity index is 1.47. The van der Waals surface area contributed by atoms with Gasteiger partial charge in [-0.15, -0.1) is 21.5 Å². The fourth-order valence-corrected chi connectivity index (χ4v) is 4.11. The van der Waals surface area contributed by atoms with Crippen molar-refractivity contribution in [2.75, 3.05) is 5.84 Å². The summed E-state index contributed by atoms with van der Waals surface area (Å²) < 4.78 is 7.08. The minimum atomic E-state index is 0.107. The van der Waals surface area contributed by atoms with Crippen LogP contribution in [-0.2, 0) is 11.2 Å². The molecule has 0 spiro atoms. The topological polar surface area (TPSA) is 82.8 Å². The Labute approximate surface area is 171 Å². The number of rotatable bonds is 5. The van der Waals surface area contributed by atoms with Crippen LogP contribution in [0, 0.1) is 0 Å². The fourth-order valence-electron chi connectivity index (χ4n) is 2.72. The van der Waals surface area contributed by atoms with E-state index in [1.807, 2.05) is 29.6 Å². The average molecular weight is 412 g/mol. The van der Waals surface area contributed by atoms with Crippen LogP contribution >= 0.6 is 23.1 Å². The zero-order valence-electron chi connectivity index (χ0n) is 15.9. The molecule has 0 unspecified atom stereocenters. The van der Waals surface area contributed by atoms with Crippen LogP contribution in [0.25, 0.3) is 22.2 Å². The van der Waals surface area contributed by atoms with Crippen molar-refractivity contribution in [1.29, 1.82) is 0 Å². The van der Waals surface area contributed by atoms with E-state index >= 15 is 0 Å².